The van der Waals surface area contributed by atoms with Crippen molar-refractivity contribution in [3.05, 3.63) is 80.3 Å². The molecule has 2 aromatic heterocycles. The molecule has 0 spiro atoms. The Bertz CT molecular complexity index is 1340. The lowest BCUT2D eigenvalue weighted by atomic mass is 10.2. The van der Waals surface area contributed by atoms with Gasteiger partial charge in [-0.15, -0.1) is 0 Å². The topological polar surface area (TPSA) is 96.6 Å². The van der Waals surface area contributed by atoms with Crippen molar-refractivity contribution in [3.63, 3.8) is 0 Å². The number of H-pyrrole nitrogens is 1. The Hall–Kier alpha value is -3.41. The van der Waals surface area contributed by atoms with Gasteiger partial charge in [0.2, 0.25) is 0 Å². The Labute approximate surface area is 172 Å². The molecule has 0 saturated carbocycles. The number of rotatable bonds is 4. The van der Waals surface area contributed by atoms with Gasteiger partial charge in [-0.05, 0) is 24.3 Å². The van der Waals surface area contributed by atoms with E-state index in [1.54, 1.807) is 0 Å². The van der Waals surface area contributed by atoms with Gasteiger partial charge in [-0.1, -0.05) is 29.3 Å². The van der Waals surface area contributed by atoms with Crippen molar-refractivity contribution in [3.8, 4) is 17.6 Å². The van der Waals surface area contributed by atoms with E-state index in [1.165, 1.54) is 47.6 Å². The first-order chi connectivity index (χ1) is 14.0. The molecule has 0 atom stereocenters. The molecule has 2 aromatic carbocycles. The van der Waals surface area contributed by atoms with Crippen LogP contribution in [0.15, 0.2) is 47.8 Å². The fourth-order valence-corrected chi connectivity index (χ4v) is 3.16. The van der Waals surface area contributed by atoms with Crippen molar-refractivity contribution < 1.29 is 9.13 Å². The normalized spacial score (nSPS) is 10.8. The van der Waals surface area contributed by atoms with Gasteiger partial charge in [0, 0.05) is 10.6 Å². The summed E-state index contributed by atoms with van der Waals surface area (Å²) in [5.74, 6) is -0.823. The SMILES string of the molecule is N#Cc1cc(Cl)cc(Oc2c(Cl)ccc(Cn3cnc4nc[nH]c4c3=O)c2F)c1. The second kappa shape index (κ2) is 7.54. The van der Waals surface area contributed by atoms with Gasteiger partial charge in [-0.25, -0.2) is 14.4 Å². The third kappa shape index (κ3) is 3.66. The molecule has 0 bridgehead atoms. The zero-order valence-electron chi connectivity index (χ0n) is 14.5. The third-order valence-corrected chi connectivity index (χ3v) is 4.62. The first kappa shape index (κ1) is 18.9. The van der Waals surface area contributed by atoms with E-state index in [0.29, 0.717) is 0 Å². The molecule has 144 valence electrons. The quantitative estimate of drug-likeness (QED) is 0.522. The Morgan fingerprint density at radius 3 is 2.86 bits per heavy atom. The van der Waals surface area contributed by atoms with Crippen molar-refractivity contribution in [1.29, 1.82) is 5.26 Å². The minimum absolute atomic E-state index is 0.0271. The second-order valence-corrected chi connectivity index (χ2v) is 6.86. The van der Waals surface area contributed by atoms with E-state index < -0.39 is 11.4 Å². The van der Waals surface area contributed by atoms with Crippen LogP contribution < -0.4 is 10.3 Å². The highest BCUT2D eigenvalue weighted by atomic mass is 35.5. The summed E-state index contributed by atoms with van der Waals surface area (Å²) in [6, 6.07) is 9.15. The van der Waals surface area contributed by atoms with Gasteiger partial charge < -0.3 is 9.72 Å². The molecule has 0 aliphatic carbocycles. The highest BCUT2D eigenvalue weighted by Gasteiger charge is 2.17. The average Bonchev–Trinajstić information content (AvgIpc) is 3.18. The molecule has 2 heterocycles. The standard InChI is InChI=1S/C19H10Cl2FN5O2/c20-12-3-10(6-23)4-13(5-12)29-17-14(21)2-1-11(15(17)22)7-27-9-26-18-16(19(27)28)24-8-25-18/h1-5,8-9H,7H2,(H,24,25). The van der Waals surface area contributed by atoms with Crippen LogP contribution in [0.2, 0.25) is 10.0 Å². The number of benzene rings is 2. The van der Waals surface area contributed by atoms with Gasteiger partial charge in [-0.2, -0.15) is 5.26 Å². The molecule has 10 heteroatoms. The number of fused-ring (bicyclic) bond motifs is 1. The van der Waals surface area contributed by atoms with Crippen LogP contribution in [0, 0.1) is 17.1 Å². The summed E-state index contributed by atoms with van der Waals surface area (Å²) in [4.78, 5) is 23.2. The minimum atomic E-state index is -0.743. The van der Waals surface area contributed by atoms with E-state index in [0.717, 1.165) is 0 Å². The molecular weight excluding hydrogens is 420 g/mol. The molecule has 0 unspecified atom stereocenters. The number of aromatic amines is 1. The fourth-order valence-electron chi connectivity index (χ4n) is 2.75. The van der Waals surface area contributed by atoms with Crippen molar-refractivity contribution in [2.45, 2.75) is 6.54 Å². The summed E-state index contributed by atoms with van der Waals surface area (Å²) in [5, 5.41) is 9.33. The zero-order valence-corrected chi connectivity index (χ0v) is 16.0. The first-order valence-corrected chi connectivity index (χ1v) is 8.96. The molecule has 29 heavy (non-hydrogen) atoms. The summed E-state index contributed by atoms with van der Waals surface area (Å²) in [6.07, 6.45) is 2.65. The number of nitrogens with one attached hydrogen (secondary N) is 1. The maximum Gasteiger partial charge on any atom is 0.279 e. The monoisotopic (exact) mass is 429 g/mol. The van der Waals surface area contributed by atoms with Gasteiger partial charge in [0.1, 0.15) is 12.1 Å². The van der Waals surface area contributed by atoms with E-state index in [-0.39, 0.29) is 50.4 Å². The van der Waals surface area contributed by atoms with Gasteiger partial charge in [0.15, 0.2) is 22.7 Å². The van der Waals surface area contributed by atoms with E-state index >= 15 is 4.39 Å². The fraction of sp³-hybridized carbons (Fsp3) is 0.0526. The molecule has 4 rings (SSSR count). The number of imidazole rings is 1. The number of aromatic nitrogens is 4. The molecule has 0 aliphatic heterocycles. The molecular formula is C19H10Cl2FN5O2. The molecule has 7 nitrogen and oxygen atoms in total. The van der Waals surface area contributed by atoms with Crippen molar-refractivity contribution in [1.82, 2.24) is 19.5 Å². The Morgan fingerprint density at radius 1 is 1.24 bits per heavy atom. The number of ether oxygens (including phenoxy) is 1. The molecule has 4 aromatic rings. The molecule has 0 aliphatic rings. The van der Waals surface area contributed by atoms with Gasteiger partial charge in [-0.3, -0.25) is 9.36 Å². The van der Waals surface area contributed by atoms with Crippen LogP contribution >= 0.6 is 23.2 Å². The Balaban J connectivity index is 1.71. The predicted octanol–water partition coefficient (Wildman–Crippen LogP) is 4.28. The maximum atomic E-state index is 15.1. The van der Waals surface area contributed by atoms with Crippen LogP contribution in [0.25, 0.3) is 11.2 Å². The smallest absolute Gasteiger partial charge is 0.279 e. The van der Waals surface area contributed by atoms with Crippen molar-refractivity contribution >= 4 is 34.4 Å². The summed E-state index contributed by atoms with van der Waals surface area (Å²) in [6.45, 7) is -0.0981. The van der Waals surface area contributed by atoms with Crippen molar-refractivity contribution in [2.24, 2.45) is 0 Å². The van der Waals surface area contributed by atoms with Gasteiger partial charge >= 0.3 is 0 Å². The molecule has 1 N–H and O–H groups in total. The van der Waals surface area contributed by atoms with Crippen LogP contribution in [-0.4, -0.2) is 19.5 Å². The number of nitrogens with zero attached hydrogens (tertiary/aromatic N) is 4. The van der Waals surface area contributed by atoms with Gasteiger partial charge in [0.05, 0.1) is 29.5 Å². The van der Waals surface area contributed by atoms with Crippen molar-refractivity contribution in [2.75, 3.05) is 0 Å². The lowest BCUT2D eigenvalue weighted by molar-refractivity contribution is 0.437. The summed E-state index contributed by atoms with van der Waals surface area (Å²) in [7, 11) is 0. The van der Waals surface area contributed by atoms with Gasteiger partial charge in [0.25, 0.3) is 5.56 Å². The lowest BCUT2D eigenvalue weighted by Crippen LogP contribution is -2.21. The Morgan fingerprint density at radius 2 is 2.07 bits per heavy atom. The second-order valence-electron chi connectivity index (χ2n) is 6.02. The summed E-state index contributed by atoms with van der Waals surface area (Å²) >= 11 is 12.1. The summed E-state index contributed by atoms with van der Waals surface area (Å²) in [5.41, 5.74) is 0.528. The number of hydrogen-bond acceptors (Lipinski definition) is 5. The Kier molecular flexibility index (Phi) is 4.92. The van der Waals surface area contributed by atoms with Crippen LogP contribution in [0.1, 0.15) is 11.1 Å². The zero-order chi connectivity index (χ0) is 20.5. The first-order valence-electron chi connectivity index (χ1n) is 8.20. The van der Waals surface area contributed by atoms with E-state index in [2.05, 4.69) is 15.0 Å². The van der Waals surface area contributed by atoms with Crippen LogP contribution in [0.3, 0.4) is 0 Å². The van der Waals surface area contributed by atoms with E-state index in [4.69, 9.17) is 33.2 Å². The largest absolute Gasteiger partial charge is 0.453 e. The minimum Gasteiger partial charge on any atom is -0.453 e. The van der Waals surface area contributed by atoms with E-state index in [1.807, 2.05) is 6.07 Å². The molecule has 0 saturated heterocycles. The maximum absolute atomic E-state index is 15.1. The molecule has 0 fully saturated rings. The third-order valence-electron chi connectivity index (χ3n) is 4.10. The highest BCUT2D eigenvalue weighted by molar-refractivity contribution is 6.32. The highest BCUT2D eigenvalue weighted by Crippen LogP contribution is 2.35. The lowest BCUT2D eigenvalue weighted by Gasteiger charge is -2.13. The van der Waals surface area contributed by atoms with Crippen LogP contribution in [0.5, 0.6) is 11.5 Å². The van der Waals surface area contributed by atoms with Crippen LogP contribution in [0.4, 0.5) is 4.39 Å². The summed E-state index contributed by atoms with van der Waals surface area (Å²) < 4.78 is 21.9. The average molecular weight is 430 g/mol. The predicted molar refractivity (Wildman–Crippen MR) is 105 cm³/mol. The molecule has 0 amide bonds. The number of hydrogen-bond donors (Lipinski definition) is 1. The molecule has 0 radical (unpaired) electrons. The number of nitriles is 1. The van der Waals surface area contributed by atoms with E-state index in [9.17, 15) is 4.79 Å². The number of halogens is 3. The van der Waals surface area contributed by atoms with Crippen LogP contribution in [-0.2, 0) is 6.54 Å².